The second-order valence-electron chi connectivity index (χ2n) is 6.95. The highest BCUT2D eigenvalue weighted by molar-refractivity contribution is 7.99. The van der Waals surface area contributed by atoms with Crippen LogP contribution < -0.4 is 5.32 Å². The van der Waals surface area contributed by atoms with Gasteiger partial charge in [0, 0.05) is 23.8 Å². The van der Waals surface area contributed by atoms with Crippen LogP contribution in [0.3, 0.4) is 0 Å². The molecular formula is C19H18N4O3S2. The average Bonchev–Trinajstić information content (AvgIpc) is 3.35. The van der Waals surface area contributed by atoms with E-state index in [9.17, 15) is 9.59 Å². The Balaban J connectivity index is 1.19. The molecule has 28 heavy (non-hydrogen) atoms. The molecule has 2 aromatic heterocycles. The van der Waals surface area contributed by atoms with Gasteiger partial charge in [0.15, 0.2) is 10.7 Å². The number of thiazole rings is 1. The molecule has 0 bridgehead atoms. The van der Waals surface area contributed by atoms with Crippen LogP contribution >= 0.6 is 23.1 Å². The minimum Gasteiger partial charge on any atom is -0.431 e. The van der Waals surface area contributed by atoms with Gasteiger partial charge in [-0.25, -0.2) is 9.97 Å². The molecule has 2 amide bonds. The third-order valence-corrected chi connectivity index (χ3v) is 6.67. The van der Waals surface area contributed by atoms with Gasteiger partial charge in [0.1, 0.15) is 5.52 Å². The van der Waals surface area contributed by atoms with Crippen molar-refractivity contribution in [3.8, 4) is 0 Å². The third kappa shape index (κ3) is 3.64. The van der Waals surface area contributed by atoms with Crippen LogP contribution in [0.25, 0.3) is 11.1 Å². The maximum absolute atomic E-state index is 12.6. The summed E-state index contributed by atoms with van der Waals surface area (Å²) in [7, 11) is 0. The fraction of sp³-hybridized carbons (Fsp3) is 0.368. The monoisotopic (exact) mass is 414 g/mol. The van der Waals surface area contributed by atoms with Crippen molar-refractivity contribution in [2.24, 2.45) is 5.92 Å². The Morgan fingerprint density at radius 1 is 1.29 bits per heavy atom. The number of oxazole rings is 1. The summed E-state index contributed by atoms with van der Waals surface area (Å²) in [4.78, 5) is 36.4. The van der Waals surface area contributed by atoms with Crippen molar-refractivity contribution in [3.05, 3.63) is 34.8 Å². The van der Waals surface area contributed by atoms with Gasteiger partial charge in [-0.2, -0.15) is 0 Å². The number of rotatable bonds is 5. The molecule has 3 heterocycles. The largest absolute Gasteiger partial charge is 0.431 e. The van der Waals surface area contributed by atoms with Crippen molar-refractivity contribution in [3.63, 3.8) is 0 Å². The van der Waals surface area contributed by atoms with Gasteiger partial charge < -0.3 is 14.6 Å². The molecule has 9 heteroatoms. The quantitative estimate of drug-likeness (QED) is 0.645. The lowest BCUT2D eigenvalue weighted by atomic mass is 10.2. The number of aromatic nitrogens is 2. The van der Waals surface area contributed by atoms with E-state index in [-0.39, 0.29) is 23.5 Å². The number of para-hydroxylation sites is 2. The van der Waals surface area contributed by atoms with Crippen molar-refractivity contribution in [1.29, 1.82) is 0 Å². The second kappa shape index (κ2) is 7.21. The lowest BCUT2D eigenvalue weighted by Gasteiger charge is -2.25. The summed E-state index contributed by atoms with van der Waals surface area (Å²) >= 11 is 2.79. The summed E-state index contributed by atoms with van der Waals surface area (Å²) in [6.45, 7) is 1.18. The Labute approximate surface area is 169 Å². The number of nitrogens with zero attached hydrogens (tertiary/aromatic N) is 3. The Morgan fingerprint density at radius 2 is 2.14 bits per heavy atom. The van der Waals surface area contributed by atoms with Crippen LogP contribution in [0.4, 0.5) is 5.13 Å². The molecule has 3 aromatic rings. The summed E-state index contributed by atoms with van der Waals surface area (Å²) in [5, 5.41) is 4.06. The lowest BCUT2D eigenvalue weighted by Crippen LogP contribution is -2.36. The molecule has 2 aliphatic rings. The van der Waals surface area contributed by atoms with E-state index >= 15 is 0 Å². The smallest absolute Gasteiger partial charge is 0.257 e. The van der Waals surface area contributed by atoms with Gasteiger partial charge in [-0.1, -0.05) is 35.2 Å². The first-order valence-corrected chi connectivity index (χ1v) is 11.0. The van der Waals surface area contributed by atoms with E-state index < -0.39 is 0 Å². The highest BCUT2D eigenvalue weighted by atomic mass is 32.2. The summed E-state index contributed by atoms with van der Waals surface area (Å²) < 4.78 is 5.66. The highest BCUT2D eigenvalue weighted by Crippen LogP contribution is 2.33. The molecule has 1 aromatic carbocycles. The van der Waals surface area contributed by atoms with Crippen molar-refractivity contribution in [2.45, 2.75) is 31.0 Å². The zero-order valence-electron chi connectivity index (χ0n) is 15.0. The Hall–Kier alpha value is -2.39. The number of nitrogens with one attached hydrogen (secondary N) is 1. The fourth-order valence-corrected chi connectivity index (χ4v) is 4.91. The minimum atomic E-state index is 0.0508. The number of thioether (sulfide) groups is 1. The van der Waals surface area contributed by atoms with Crippen molar-refractivity contribution < 1.29 is 14.0 Å². The molecule has 1 N–H and O–H groups in total. The Kier molecular flexibility index (Phi) is 4.56. The van der Waals surface area contributed by atoms with Crippen molar-refractivity contribution in [2.75, 3.05) is 17.6 Å². The van der Waals surface area contributed by atoms with Crippen LogP contribution in [-0.2, 0) is 22.6 Å². The molecular weight excluding hydrogens is 396 g/mol. The topological polar surface area (TPSA) is 88.3 Å². The molecule has 5 rings (SSSR count). The van der Waals surface area contributed by atoms with Gasteiger partial charge in [-0.3, -0.25) is 9.59 Å². The standard InChI is InChI=1S/C19H18N4O3S2/c24-16(10-27-19-21-12-3-1-2-4-14(12)26-19)23-8-7-13-15(9-23)28-18(20-13)22-17(25)11-5-6-11/h1-4,11H,5-10H2,(H,20,22,25). The number of carbonyl (C=O) groups excluding carboxylic acids is 2. The minimum absolute atomic E-state index is 0.0508. The number of carbonyl (C=O) groups is 2. The summed E-state index contributed by atoms with van der Waals surface area (Å²) in [5.41, 5.74) is 2.52. The van der Waals surface area contributed by atoms with Crippen molar-refractivity contribution in [1.82, 2.24) is 14.9 Å². The van der Waals surface area contributed by atoms with E-state index in [4.69, 9.17) is 4.42 Å². The van der Waals surface area contributed by atoms with Gasteiger partial charge >= 0.3 is 0 Å². The Morgan fingerprint density at radius 3 is 2.96 bits per heavy atom. The predicted octanol–water partition coefficient (Wildman–Crippen LogP) is 3.31. The molecule has 0 saturated heterocycles. The molecule has 144 valence electrons. The van der Waals surface area contributed by atoms with Crippen LogP contribution in [0.1, 0.15) is 23.4 Å². The van der Waals surface area contributed by atoms with E-state index in [1.165, 1.54) is 23.1 Å². The highest BCUT2D eigenvalue weighted by Gasteiger charge is 2.31. The average molecular weight is 415 g/mol. The number of amides is 2. The Bertz CT molecular complexity index is 1020. The number of fused-ring (bicyclic) bond motifs is 2. The molecule has 0 radical (unpaired) electrons. The van der Waals surface area contributed by atoms with Gasteiger partial charge in [0.05, 0.1) is 18.0 Å². The number of hydrogen-bond donors (Lipinski definition) is 1. The van der Waals surface area contributed by atoms with Crippen molar-refractivity contribution >= 4 is 51.1 Å². The van der Waals surface area contributed by atoms with Gasteiger partial charge in [-0.15, -0.1) is 0 Å². The molecule has 0 unspecified atom stereocenters. The zero-order chi connectivity index (χ0) is 19.1. The predicted molar refractivity (Wildman–Crippen MR) is 107 cm³/mol. The lowest BCUT2D eigenvalue weighted by molar-refractivity contribution is -0.129. The summed E-state index contributed by atoms with van der Waals surface area (Å²) in [5.74, 6) is 0.554. The molecule has 1 aliphatic heterocycles. The maximum Gasteiger partial charge on any atom is 0.257 e. The molecule has 1 saturated carbocycles. The van der Waals surface area contributed by atoms with Crippen LogP contribution in [-0.4, -0.2) is 39.0 Å². The van der Waals surface area contributed by atoms with E-state index in [1.807, 2.05) is 29.2 Å². The molecule has 7 nitrogen and oxygen atoms in total. The number of anilines is 1. The fourth-order valence-electron chi connectivity index (χ4n) is 3.14. The normalized spacial score (nSPS) is 16.2. The third-order valence-electron chi connectivity index (χ3n) is 4.86. The molecule has 1 fully saturated rings. The zero-order valence-corrected chi connectivity index (χ0v) is 16.6. The van der Waals surface area contributed by atoms with E-state index in [0.717, 1.165) is 34.5 Å². The first kappa shape index (κ1) is 17.7. The van der Waals surface area contributed by atoms with Crippen LogP contribution in [0.15, 0.2) is 33.9 Å². The van der Waals surface area contributed by atoms with Gasteiger partial charge in [0.25, 0.3) is 5.22 Å². The summed E-state index contributed by atoms with van der Waals surface area (Å²) in [6, 6.07) is 7.56. The van der Waals surface area contributed by atoms with Crippen LogP contribution in [0.2, 0.25) is 0 Å². The first-order valence-electron chi connectivity index (χ1n) is 9.21. The van der Waals surface area contributed by atoms with E-state index in [2.05, 4.69) is 15.3 Å². The van der Waals surface area contributed by atoms with Crippen LogP contribution in [0.5, 0.6) is 0 Å². The van der Waals surface area contributed by atoms with Gasteiger partial charge in [-0.05, 0) is 25.0 Å². The molecule has 0 spiro atoms. The first-order chi connectivity index (χ1) is 13.7. The molecule has 1 aliphatic carbocycles. The number of benzene rings is 1. The summed E-state index contributed by atoms with van der Waals surface area (Å²) in [6.07, 6.45) is 2.65. The molecule has 0 atom stereocenters. The van der Waals surface area contributed by atoms with E-state index in [1.54, 1.807) is 0 Å². The van der Waals surface area contributed by atoms with E-state index in [0.29, 0.717) is 29.9 Å². The maximum atomic E-state index is 12.6. The van der Waals surface area contributed by atoms with Gasteiger partial charge in [0.2, 0.25) is 11.8 Å². The SMILES string of the molecule is O=C(Nc1nc2c(s1)CN(C(=O)CSc1nc3ccccc3o1)CC2)C1CC1. The van der Waals surface area contributed by atoms with Crippen LogP contribution in [0, 0.1) is 5.92 Å². The second-order valence-corrected chi connectivity index (χ2v) is 8.96. The number of hydrogen-bond acceptors (Lipinski definition) is 7.